The highest BCUT2D eigenvalue weighted by molar-refractivity contribution is 6.32. The molecule has 0 aliphatic carbocycles. The Morgan fingerprint density at radius 1 is 1.27 bits per heavy atom. The number of benzene rings is 1. The number of nitrogens with zero attached hydrogens (tertiary/aromatic N) is 1. The molecule has 4 nitrogen and oxygen atoms in total. The molecule has 0 bridgehead atoms. The van der Waals surface area contributed by atoms with Crippen molar-refractivity contribution < 1.29 is 22.7 Å². The number of aromatic nitrogens is 1. The van der Waals surface area contributed by atoms with Crippen LogP contribution >= 0.6 is 11.6 Å². The molecule has 116 valence electrons. The van der Waals surface area contributed by atoms with Gasteiger partial charge in [-0.3, -0.25) is 4.79 Å². The monoisotopic (exact) mass is 330 g/mol. The summed E-state index contributed by atoms with van der Waals surface area (Å²) in [5.74, 6) is -0.820. The summed E-state index contributed by atoms with van der Waals surface area (Å²) in [7, 11) is 0. The number of nitrogens with one attached hydrogen (secondary N) is 1. The van der Waals surface area contributed by atoms with Crippen LogP contribution in [0.15, 0.2) is 42.6 Å². The van der Waals surface area contributed by atoms with Crippen molar-refractivity contribution in [1.82, 2.24) is 10.3 Å². The number of amides is 1. The molecule has 0 saturated carbocycles. The second-order valence-electron chi connectivity index (χ2n) is 4.22. The molecule has 0 fully saturated rings. The molecule has 1 heterocycles. The maximum absolute atomic E-state index is 12.1. The summed E-state index contributed by atoms with van der Waals surface area (Å²) in [6.45, 7) is 0.0269. The van der Waals surface area contributed by atoms with Gasteiger partial charge in [0.05, 0.1) is 5.56 Å². The number of halogens is 4. The molecule has 8 heteroatoms. The highest BCUT2D eigenvalue weighted by Gasteiger charge is 2.31. The molecule has 0 saturated heterocycles. The van der Waals surface area contributed by atoms with Crippen molar-refractivity contribution in [2.75, 3.05) is 0 Å². The van der Waals surface area contributed by atoms with Gasteiger partial charge in [-0.15, -0.1) is 13.2 Å². The summed E-state index contributed by atoms with van der Waals surface area (Å²) in [4.78, 5) is 15.7. The Morgan fingerprint density at radius 2 is 2.05 bits per heavy atom. The minimum atomic E-state index is -4.76. The number of hydrogen-bond donors (Lipinski definition) is 1. The summed E-state index contributed by atoms with van der Waals surface area (Å²) in [6, 6.07) is 8.38. The molecular weight excluding hydrogens is 321 g/mol. The Balaban J connectivity index is 2.01. The number of pyridine rings is 1. The summed E-state index contributed by atoms with van der Waals surface area (Å²) in [5.41, 5.74) is 0.641. The minimum absolute atomic E-state index is 0.0269. The summed E-state index contributed by atoms with van der Waals surface area (Å²) >= 11 is 5.78. The van der Waals surface area contributed by atoms with Gasteiger partial charge in [0, 0.05) is 12.7 Å². The molecule has 22 heavy (non-hydrogen) atoms. The maximum atomic E-state index is 12.1. The molecule has 1 aromatic carbocycles. The average molecular weight is 331 g/mol. The second-order valence-corrected chi connectivity index (χ2v) is 4.58. The van der Waals surface area contributed by atoms with E-state index in [9.17, 15) is 18.0 Å². The van der Waals surface area contributed by atoms with Crippen LogP contribution in [0.3, 0.4) is 0 Å². The van der Waals surface area contributed by atoms with Crippen molar-refractivity contribution in [3.8, 4) is 5.75 Å². The molecule has 2 rings (SSSR count). The van der Waals surface area contributed by atoms with E-state index < -0.39 is 12.3 Å². The van der Waals surface area contributed by atoms with Gasteiger partial charge < -0.3 is 10.1 Å². The van der Waals surface area contributed by atoms with E-state index in [1.165, 1.54) is 30.5 Å². The smallest absolute Gasteiger partial charge is 0.406 e. The number of carbonyl (C=O) groups is 1. The predicted molar refractivity (Wildman–Crippen MR) is 73.5 cm³/mol. The van der Waals surface area contributed by atoms with E-state index in [0.29, 0.717) is 5.56 Å². The van der Waals surface area contributed by atoms with E-state index in [1.54, 1.807) is 12.1 Å². The summed E-state index contributed by atoms with van der Waals surface area (Å²) in [6.07, 6.45) is -3.32. The third kappa shape index (κ3) is 4.63. The van der Waals surface area contributed by atoms with Gasteiger partial charge >= 0.3 is 6.36 Å². The summed E-state index contributed by atoms with van der Waals surface area (Å²) in [5, 5.41) is 2.60. The Hall–Kier alpha value is -2.28. The van der Waals surface area contributed by atoms with E-state index in [1.807, 2.05) is 0 Å². The Bertz CT molecular complexity index is 677. The molecule has 0 aliphatic rings. The normalized spacial score (nSPS) is 11.1. The Morgan fingerprint density at radius 3 is 2.73 bits per heavy atom. The van der Waals surface area contributed by atoms with E-state index >= 15 is 0 Å². The molecule has 0 aliphatic heterocycles. The number of alkyl halides is 3. The van der Waals surface area contributed by atoms with Crippen LogP contribution in [0.4, 0.5) is 13.2 Å². The molecule has 2 aromatic rings. The van der Waals surface area contributed by atoms with Crippen LogP contribution in [0.5, 0.6) is 5.75 Å². The molecular formula is C14H10ClF3N2O2. The van der Waals surface area contributed by atoms with Gasteiger partial charge in [0.15, 0.2) is 0 Å². The fourth-order valence-electron chi connectivity index (χ4n) is 1.69. The first-order valence-corrected chi connectivity index (χ1v) is 6.46. The lowest BCUT2D eigenvalue weighted by Gasteiger charge is -2.10. The average Bonchev–Trinajstić information content (AvgIpc) is 2.44. The van der Waals surface area contributed by atoms with Gasteiger partial charge in [-0.1, -0.05) is 23.7 Å². The molecule has 1 N–H and O–H groups in total. The van der Waals surface area contributed by atoms with E-state index in [2.05, 4.69) is 15.0 Å². The highest BCUT2D eigenvalue weighted by atomic mass is 35.5. The van der Waals surface area contributed by atoms with Gasteiger partial charge in [0.1, 0.15) is 10.9 Å². The van der Waals surface area contributed by atoms with Gasteiger partial charge in [0.2, 0.25) is 0 Å². The standard InChI is InChI=1S/C14H10ClF3N2O2/c15-12-11(5-2-6-19-12)13(21)20-8-9-3-1-4-10(7-9)22-14(16,17)18/h1-7H,8H2,(H,20,21). The highest BCUT2D eigenvalue weighted by Crippen LogP contribution is 2.23. The van der Waals surface area contributed by atoms with Gasteiger partial charge in [-0.25, -0.2) is 4.98 Å². The third-order valence-electron chi connectivity index (χ3n) is 2.59. The second kappa shape index (κ2) is 6.65. The van der Waals surface area contributed by atoms with Crippen LogP contribution in [0.25, 0.3) is 0 Å². The lowest BCUT2D eigenvalue weighted by molar-refractivity contribution is -0.274. The topological polar surface area (TPSA) is 51.2 Å². The third-order valence-corrected chi connectivity index (χ3v) is 2.89. The molecule has 1 aromatic heterocycles. The van der Waals surface area contributed by atoms with E-state index in [4.69, 9.17) is 11.6 Å². The number of ether oxygens (including phenoxy) is 1. The first-order valence-electron chi connectivity index (χ1n) is 6.08. The lowest BCUT2D eigenvalue weighted by atomic mass is 10.2. The maximum Gasteiger partial charge on any atom is 0.573 e. The largest absolute Gasteiger partial charge is 0.573 e. The Labute approximate surface area is 128 Å². The van der Waals surface area contributed by atoms with E-state index in [-0.39, 0.29) is 23.0 Å². The van der Waals surface area contributed by atoms with Crippen molar-refractivity contribution in [3.63, 3.8) is 0 Å². The van der Waals surface area contributed by atoms with Crippen molar-refractivity contribution >= 4 is 17.5 Å². The molecule has 0 unspecified atom stereocenters. The van der Waals surface area contributed by atoms with Gasteiger partial charge in [-0.05, 0) is 29.8 Å². The fourth-order valence-corrected chi connectivity index (χ4v) is 1.89. The first kappa shape index (κ1) is 16.1. The quantitative estimate of drug-likeness (QED) is 0.872. The number of hydrogen-bond acceptors (Lipinski definition) is 3. The zero-order chi connectivity index (χ0) is 16.2. The van der Waals surface area contributed by atoms with E-state index in [0.717, 1.165) is 0 Å². The first-order chi connectivity index (χ1) is 10.3. The summed E-state index contributed by atoms with van der Waals surface area (Å²) < 4.78 is 40.2. The van der Waals surface area contributed by atoms with Crippen LogP contribution in [-0.4, -0.2) is 17.3 Å². The van der Waals surface area contributed by atoms with Crippen molar-refractivity contribution in [2.24, 2.45) is 0 Å². The van der Waals surface area contributed by atoms with Crippen LogP contribution < -0.4 is 10.1 Å². The fraction of sp³-hybridized carbons (Fsp3) is 0.143. The van der Waals surface area contributed by atoms with Crippen LogP contribution in [0.2, 0.25) is 5.15 Å². The van der Waals surface area contributed by atoms with Crippen molar-refractivity contribution in [2.45, 2.75) is 12.9 Å². The zero-order valence-electron chi connectivity index (χ0n) is 11.0. The zero-order valence-corrected chi connectivity index (χ0v) is 11.8. The minimum Gasteiger partial charge on any atom is -0.406 e. The van der Waals surface area contributed by atoms with Crippen LogP contribution in [-0.2, 0) is 6.54 Å². The lowest BCUT2D eigenvalue weighted by Crippen LogP contribution is -2.23. The predicted octanol–water partition coefficient (Wildman–Crippen LogP) is 3.56. The van der Waals surface area contributed by atoms with Crippen molar-refractivity contribution in [3.05, 3.63) is 58.9 Å². The number of carbonyl (C=O) groups excluding carboxylic acids is 1. The number of rotatable bonds is 4. The van der Waals surface area contributed by atoms with Gasteiger partial charge in [0.25, 0.3) is 5.91 Å². The molecule has 0 spiro atoms. The Kier molecular flexibility index (Phi) is 4.87. The molecule has 0 atom stereocenters. The molecule has 1 amide bonds. The van der Waals surface area contributed by atoms with Crippen LogP contribution in [0.1, 0.15) is 15.9 Å². The molecule has 0 radical (unpaired) electrons. The van der Waals surface area contributed by atoms with Crippen LogP contribution in [0, 0.1) is 0 Å². The SMILES string of the molecule is O=C(NCc1cccc(OC(F)(F)F)c1)c1cccnc1Cl. The van der Waals surface area contributed by atoms with Gasteiger partial charge in [-0.2, -0.15) is 0 Å². The van der Waals surface area contributed by atoms with Crippen molar-refractivity contribution in [1.29, 1.82) is 0 Å².